The first-order valence-electron chi connectivity index (χ1n) is 8.90. The number of hydrogen-bond donors (Lipinski definition) is 0. The number of ether oxygens (including phenoxy) is 1. The number of nitro groups is 1. The predicted octanol–water partition coefficient (Wildman–Crippen LogP) is 4.32. The van der Waals surface area contributed by atoms with Crippen molar-refractivity contribution in [1.29, 1.82) is 0 Å². The van der Waals surface area contributed by atoms with E-state index in [1.54, 1.807) is 24.0 Å². The third kappa shape index (κ3) is 4.37. The Balaban J connectivity index is 2.03. The molecule has 0 fully saturated rings. The maximum Gasteiger partial charge on any atom is 0.336 e. The first kappa shape index (κ1) is 20.7. The Kier molecular flexibility index (Phi) is 6.12. The first-order valence-corrected chi connectivity index (χ1v) is 9.69. The van der Waals surface area contributed by atoms with Crippen LogP contribution in [0.25, 0.3) is 0 Å². The molecule has 0 aliphatic carbocycles. The van der Waals surface area contributed by atoms with Gasteiger partial charge in [0.15, 0.2) is 0 Å². The van der Waals surface area contributed by atoms with Gasteiger partial charge in [-0.05, 0) is 30.2 Å². The van der Waals surface area contributed by atoms with Crippen LogP contribution < -0.4 is 0 Å². The fraction of sp³-hybridized carbons (Fsp3) is 0.238. The number of esters is 1. The van der Waals surface area contributed by atoms with Crippen LogP contribution in [0, 0.1) is 10.1 Å². The smallest absolute Gasteiger partial charge is 0.336 e. The quantitative estimate of drug-likeness (QED) is 0.378. The molecule has 3 rings (SSSR count). The molecule has 0 saturated heterocycles. The lowest BCUT2D eigenvalue weighted by atomic mass is 9.83. The summed E-state index contributed by atoms with van der Waals surface area (Å²) in [6.07, 6.45) is 0.0273. The molecule has 1 atom stereocenters. The van der Waals surface area contributed by atoms with E-state index < -0.39 is 16.8 Å². The second-order valence-corrected chi connectivity index (χ2v) is 7.62. The molecule has 1 aliphatic heterocycles. The Hall–Kier alpha value is -3.00. The van der Waals surface area contributed by atoms with Gasteiger partial charge in [0.25, 0.3) is 5.69 Å². The SMILES string of the molecule is COC(=O)C1=C(C)N(Cc2ccc(Br)cc2)C(=O)CC1c1cccc([N+](=O)[O-])c1. The molecule has 1 heterocycles. The minimum atomic E-state index is -0.601. The highest BCUT2D eigenvalue weighted by Gasteiger charge is 2.37. The number of amides is 1. The van der Waals surface area contributed by atoms with Crippen molar-refractivity contribution in [3.05, 3.63) is 85.5 Å². The summed E-state index contributed by atoms with van der Waals surface area (Å²) in [5, 5.41) is 11.1. The highest BCUT2D eigenvalue weighted by atomic mass is 79.9. The summed E-state index contributed by atoms with van der Waals surface area (Å²) in [5.74, 6) is -1.31. The Morgan fingerprint density at radius 2 is 1.97 bits per heavy atom. The number of methoxy groups -OCH3 is 1. The van der Waals surface area contributed by atoms with Crippen LogP contribution in [0.3, 0.4) is 0 Å². The molecule has 0 radical (unpaired) electrons. The Bertz CT molecular complexity index is 1000. The van der Waals surface area contributed by atoms with Gasteiger partial charge < -0.3 is 9.64 Å². The zero-order chi connectivity index (χ0) is 21.1. The minimum absolute atomic E-state index is 0.0273. The number of non-ortho nitro benzene ring substituents is 1. The van der Waals surface area contributed by atoms with Gasteiger partial charge >= 0.3 is 5.97 Å². The number of hydrogen-bond acceptors (Lipinski definition) is 5. The van der Waals surface area contributed by atoms with E-state index in [1.165, 1.54) is 19.2 Å². The predicted molar refractivity (Wildman–Crippen MR) is 110 cm³/mol. The third-order valence-corrected chi connectivity index (χ3v) is 5.49. The van der Waals surface area contributed by atoms with Crippen LogP contribution in [-0.2, 0) is 20.9 Å². The van der Waals surface area contributed by atoms with Crippen LogP contribution in [0.1, 0.15) is 30.4 Å². The minimum Gasteiger partial charge on any atom is -0.466 e. The average molecular weight is 459 g/mol. The topological polar surface area (TPSA) is 89.8 Å². The summed E-state index contributed by atoms with van der Waals surface area (Å²) in [5.41, 5.74) is 2.20. The fourth-order valence-corrected chi connectivity index (χ4v) is 3.75. The molecule has 29 heavy (non-hydrogen) atoms. The summed E-state index contributed by atoms with van der Waals surface area (Å²) < 4.78 is 5.89. The van der Waals surface area contributed by atoms with E-state index in [0.717, 1.165) is 10.0 Å². The van der Waals surface area contributed by atoms with E-state index in [4.69, 9.17) is 4.74 Å². The Labute approximate surface area is 176 Å². The van der Waals surface area contributed by atoms with Crippen LogP contribution >= 0.6 is 15.9 Å². The van der Waals surface area contributed by atoms with Gasteiger partial charge in [-0.25, -0.2) is 4.79 Å². The molecule has 0 saturated carbocycles. The number of carbonyl (C=O) groups is 2. The van der Waals surface area contributed by atoms with E-state index in [2.05, 4.69) is 15.9 Å². The largest absolute Gasteiger partial charge is 0.466 e. The van der Waals surface area contributed by atoms with Crippen LogP contribution in [0.5, 0.6) is 0 Å². The Morgan fingerprint density at radius 3 is 2.59 bits per heavy atom. The summed E-state index contributed by atoms with van der Waals surface area (Å²) >= 11 is 3.38. The second-order valence-electron chi connectivity index (χ2n) is 6.71. The van der Waals surface area contributed by atoms with Crippen molar-refractivity contribution in [1.82, 2.24) is 4.90 Å². The van der Waals surface area contributed by atoms with Gasteiger partial charge in [0.1, 0.15) is 0 Å². The maximum atomic E-state index is 12.9. The van der Waals surface area contributed by atoms with E-state index in [0.29, 0.717) is 23.4 Å². The van der Waals surface area contributed by atoms with Gasteiger partial charge in [-0.3, -0.25) is 14.9 Å². The highest BCUT2D eigenvalue weighted by Crippen LogP contribution is 2.38. The zero-order valence-corrected chi connectivity index (χ0v) is 17.5. The van der Waals surface area contributed by atoms with E-state index >= 15 is 0 Å². The van der Waals surface area contributed by atoms with Crippen molar-refractivity contribution in [2.75, 3.05) is 7.11 Å². The molecular weight excluding hydrogens is 440 g/mol. The van der Waals surface area contributed by atoms with Crippen LogP contribution in [0.15, 0.2) is 64.3 Å². The lowest BCUT2D eigenvalue weighted by Gasteiger charge is -2.34. The van der Waals surface area contributed by atoms with Gasteiger partial charge in [-0.1, -0.05) is 40.2 Å². The molecule has 0 N–H and O–H groups in total. The summed E-state index contributed by atoms with van der Waals surface area (Å²) in [4.78, 5) is 37.7. The summed E-state index contributed by atoms with van der Waals surface area (Å²) in [6, 6.07) is 13.6. The van der Waals surface area contributed by atoms with Gasteiger partial charge in [-0.2, -0.15) is 0 Å². The van der Waals surface area contributed by atoms with Gasteiger partial charge in [-0.15, -0.1) is 0 Å². The molecule has 8 heteroatoms. The number of carbonyl (C=O) groups excluding carboxylic acids is 2. The molecule has 0 aromatic heterocycles. The lowest BCUT2D eigenvalue weighted by Crippen LogP contribution is -2.37. The molecule has 1 unspecified atom stereocenters. The lowest BCUT2D eigenvalue weighted by molar-refractivity contribution is -0.384. The van der Waals surface area contributed by atoms with Crippen molar-refractivity contribution in [3.63, 3.8) is 0 Å². The van der Waals surface area contributed by atoms with Crippen LogP contribution in [0.2, 0.25) is 0 Å². The summed E-state index contributed by atoms with van der Waals surface area (Å²) in [6.45, 7) is 2.02. The molecule has 7 nitrogen and oxygen atoms in total. The van der Waals surface area contributed by atoms with Crippen molar-refractivity contribution >= 4 is 33.5 Å². The van der Waals surface area contributed by atoms with Crippen LogP contribution in [0.4, 0.5) is 5.69 Å². The standard InChI is InChI=1S/C21H19BrN2O5/c1-13-20(21(26)29-2)18(15-4-3-5-17(10-15)24(27)28)11-19(25)23(13)12-14-6-8-16(22)9-7-14/h3-10,18H,11-12H2,1-2H3. The van der Waals surface area contributed by atoms with Crippen molar-refractivity contribution in [2.45, 2.75) is 25.8 Å². The van der Waals surface area contributed by atoms with Crippen molar-refractivity contribution in [3.8, 4) is 0 Å². The normalized spacial score (nSPS) is 16.7. The monoisotopic (exact) mass is 458 g/mol. The van der Waals surface area contributed by atoms with Gasteiger partial charge in [0, 0.05) is 34.6 Å². The maximum absolute atomic E-state index is 12.9. The third-order valence-electron chi connectivity index (χ3n) is 4.97. The molecule has 2 aromatic rings. The second kappa shape index (κ2) is 8.57. The van der Waals surface area contributed by atoms with E-state index in [-0.39, 0.29) is 18.0 Å². The van der Waals surface area contributed by atoms with Crippen molar-refractivity contribution < 1.29 is 19.2 Å². The number of benzene rings is 2. The number of nitro benzene ring substituents is 1. The Morgan fingerprint density at radius 1 is 1.28 bits per heavy atom. The number of allylic oxidation sites excluding steroid dienone is 1. The average Bonchev–Trinajstić information content (AvgIpc) is 2.71. The first-order chi connectivity index (χ1) is 13.8. The molecule has 1 amide bonds. The van der Waals surface area contributed by atoms with Crippen LogP contribution in [-0.4, -0.2) is 28.8 Å². The molecule has 0 spiro atoms. The molecular formula is C21H19BrN2O5. The summed E-state index contributed by atoms with van der Waals surface area (Å²) in [7, 11) is 1.28. The zero-order valence-electron chi connectivity index (χ0n) is 15.9. The number of rotatable bonds is 5. The number of nitrogens with zero attached hydrogens (tertiary/aromatic N) is 2. The van der Waals surface area contributed by atoms with Crippen molar-refractivity contribution in [2.24, 2.45) is 0 Å². The van der Waals surface area contributed by atoms with Gasteiger partial charge in [0.2, 0.25) is 5.91 Å². The van der Waals surface area contributed by atoms with E-state index in [9.17, 15) is 19.7 Å². The molecule has 2 aromatic carbocycles. The fourth-order valence-electron chi connectivity index (χ4n) is 3.49. The highest BCUT2D eigenvalue weighted by molar-refractivity contribution is 9.10. The molecule has 150 valence electrons. The molecule has 0 bridgehead atoms. The van der Waals surface area contributed by atoms with Gasteiger partial charge in [0.05, 0.1) is 24.2 Å². The molecule has 1 aliphatic rings. The van der Waals surface area contributed by atoms with E-state index in [1.807, 2.05) is 24.3 Å². The number of halogens is 1.